The molecule has 7 nitrogen and oxygen atoms in total. The van der Waals surface area contributed by atoms with Crippen molar-refractivity contribution < 1.29 is 19.1 Å². The molecule has 0 aliphatic carbocycles. The van der Waals surface area contributed by atoms with Gasteiger partial charge in [-0.15, -0.1) is 0 Å². The van der Waals surface area contributed by atoms with Gasteiger partial charge in [-0.2, -0.15) is 0 Å². The third kappa shape index (κ3) is 3.28. The monoisotopic (exact) mass is 347 g/mol. The topological polar surface area (TPSA) is 88.1 Å². The van der Waals surface area contributed by atoms with E-state index in [1.54, 1.807) is 31.2 Å². The van der Waals surface area contributed by atoms with Crippen LogP contribution < -0.4 is 10.2 Å². The van der Waals surface area contributed by atoms with Gasteiger partial charge in [0.25, 0.3) is 0 Å². The van der Waals surface area contributed by atoms with E-state index in [9.17, 15) is 14.4 Å². The number of rotatable bonds is 4. The molecule has 126 valence electrons. The van der Waals surface area contributed by atoms with Crippen LogP contribution in [0, 0.1) is 0 Å². The van der Waals surface area contributed by atoms with Crippen LogP contribution in [0.5, 0.6) is 0 Å². The van der Waals surface area contributed by atoms with Gasteiger partial charge in [0.2, 0.25) is 11.8 Å². The van der Waals surface area contributed by atoms with Gasteiger partial charge in [-0.1, -0.05) is 11.8 Å². The van der Waals surface area contributed by atoms with E-state index in [0.29, 0.717) is 29.6 Å². The maximum atomic E-state index is 12.5. The Bertz CT molecular complexity index is 702. The number of nitrogens with zero attached hydrogens (tertiary/aromatic N) is 2. The van der Waals surface area contributed by atoms with Crippen LogP contribution in [0.4, 0.5) is 5.69 Å². The lowest BCUT2D eigenvalue weighted by atomic mass is 10.2. The number of carbonyl (C=O) groups excluding carboxylic acids is 3. The number of benzene rings is 1. The highest BCUT2D eigenvalue weighted by atomic mass is 32.2. The van der Waals surface area contributed by atoms with Gasteiger partial charge in [-0.25, -0.2) is 9.69 Å². The zero-order valence-electron chi connectivity index (χ0n) is 13.2. The van der Waals surface area contributed by atoms with Gasteiger partial charge in [-0.05, 0) is 31.2 Å². The number of amidine groups is 1. The van der Waals surface area contributed by atoms with Crippen molar-refractivity contribution in [2.45, 2.75) is 18.6 Å². The first kappa shape index (κ1) is 16.5. The standard InChI is InChI=1S/C16H17N3O4S/c1-2-23-15(22)10-3-5-11(6-4-10)19-13(20)9-12(14(19)21)24-16-17-7-8-18-16/h3-6,12H,2,7-9H2,1H3,(H,17,18)/t12-/m0/s1. The third-order valence-electron chi connectivity index (χ3n) is 3.64. The predicted octanol–water partition coefficient (Wildman–Crippen LogP) is 1.19. The van der Waals surface area contributed by atoms with Crippen LogP contribution in [-0.2, 0) is 14.3 Å². The van der Waals surface area contributed by atoms with E-state index in [1.165, 1.54) is 16.7 Å². The van der Waals surface area contributed by atoms with Crippen molar-refractivity contribution in [3.05, 3.63) is 29.8 Å². The number of hydrogen-bond donors (Lipinski definition) is 1. The molecule has 0 bridgehead atoms. The zero-order chi connectivity index (χ0) is 17.1. The van der Waals surface area contributed by atoms with Crippen molar-refractivity contribution in [3.8, 4) is 0 Å². The van der Waals surface area contributed by atoms with Crippen molar-refractivity contribution in [2.75, 3.05) is 24.6 Å². The molecule has 3 rings (SSSR count). The largest absolute Gasteiger partial charge is 0.462 e. The van der Waals surface area contributed by atoms with E-state index >= 15 is 0 Å². The Morgan fingerprint density at radius 2 is 2.12 bits per heavy atom. The molecule has 0 unspecified atom stereocenters. The number of hydrogen-bond acceptors (Lipinski definition) is 7. The minimum absolute atomic E-state index is 0.143. The summed E-state index contributed by atoms with van der Waals surface area (Å²) in [6.45, 7) is 3.47. The summed E-state index contributed by atoms with van der Waals surface area (Å²) in [6, 6.07) is 6.27. The smallest absolute Gasteiger partial charge is 0.338 e. The van der Waals surface area contributed by atoms with Crippen LogP contribution in [0.2, 0.25) is 0 Å². The fourth-order valence-electron chi connectivity index (χ4n) is 2.52. The molecule has 24 heavy (non-hydrogen) atoms. The number of aliphatic imine (C=N–C) groups is 1. The van der Waals surface area contributed by atoms with Crippen LogP contribution in [0.3, 0.4) is 0 Å². The first-order chi connectivity index (χ1) is 11.6. The summed E-state index contributed by atoms with van der Waals surface area (Å²) in [5.41, 5.74) is 0.845. The Morgan fingerprint density at radius 1 is 1.38 bits per heavy atom. The van der Waals surface area contributed by atoms with Crippen molar-refractivity contribution in [3.63, 3.8) is 0 Å². The van der Waals surface area contributed by atoms with Gasteiger partial charge < -0.3 is 10.1 Å². The second-order valence-corrected chi connectivity index (χ2v) is 6.45. The van der Waals surface area contributed by atoms with Gasteiger partial charge in [-0.3, -0.25) is 14.6 Å². The molecule has 2 amide bonds. The first-order valence-electron chi connectivity index (χ1n) is 7.69. The molecular formula is C16H17N3O4S. The molecule has 1 N–H and O–H groups in total. The van der Waals surface area contributed by atoms with E-state index < -0.39 is 11.2 Å². The molecule has 8 heteroatoms. The molecule has 2 aliphatic heterocycles. The second kappa shape index (κ2) is 7.04. The number of amides is 2. The van der Waals surface area contributed by atoms with Gasteiger partial charge in [0.1, 0.15) is 5.25 Å². The fraction of sp³-hybridized carbons (Fsp3) is 0.375. The van der Waals surface area contributed by atoms with Gasteiger partial charge in [0.05, 0.1) is 24.4 Å². The SMILES string of the molecule is CCOC(=O)c1ccc(N2C(=O)C[C@H](SC3=NCCN3)C2=O)cc1. The molecule has 1 fully saturated rings. The third-order valence-corrected chi connectivity index (χ3v) is 4.79. The minimum Gasteiger partial charge on any atom is -0.462 e. The van der Waals surface area contributed by atoms with Crippen LogP contribution >= 0.6 is 11.8 Å². The van der Waals surface area contributed by atoms with Crippen molar-refractivity contribution in [2.24, 2.45) is 4.99 Å². The van der Waals surface area contributed by atoms with E-state index in [1.807, 2.05) is 0 Å². The van der Waals surface area contributed by atoms with Crippen molar-refractivity contribution in [1.29, 1.82) is 0 Å². The molecule has 1 aromatic carbocycles. The van der Waals surface area contributed by atoms with Gasteiger partial charge in [0, 0.05) is 13.0 Å². The first-order valence-corrected chi connectivity index (χ1v) is 8.57. The quantitative estimate of drug-likeness (QED) is 0.650. The molecule has 1 aromatic rings. The molecule has 0 aromatic heterocycles. The maximum absolute atomic E-state index is 12.5. The molecule has 0 radical (unpaired) electrons. The molecular weight excluding hydrogens is 330 g/mol. The summed E-state index contributed by atoms with van der Waals surface area (Å²) >= 11 is 1.29. The lowest BCUT2D eigenvalue weighted by Gasteiger charge is -2.15. The second-order valence-electron chi connectivity index (χ2n) is 5.26. The van der Waals surface area contributed by atoms with E-state index in [4.69, 9.17) is 4.74 Å². The van der Waals surface area contributed by atoms with Crippen LogP contribution in [0.25, 0.3) is 0 Å². The summed E-state index contributed by atoms with van der Waals surface area (Å²) in [6.07, 6.45) is 0.143. The Balaban J connectivity index is 1.73. The number of esters is 1. The number of anilines is 1. The average molecular weight is 347 g/mol. The van der Waals surface area contributed by atoms with Crippen LogP contribution in [-0.4, -0.2) is 47.9 Å². The summed E-state index contributed by atoms with van der Waals surface area (Å²) in [5.74, 6) is -0.938. The number of thioether (sulfide) groups is 1. The van der Waals surface area contributed by atoms with Crippen LogP contribution in [0.1, 0.15) is 23.7 Å². The minimum atomic E-state index is -0.466. The van der Waals surface area contributed by atoms with Crippen LogP contribution in [0.15, 0.2) is 29.3 Å². The number of carbonyl (C=O) groups is 3. The highest BCUT2D eigenvalue weighted by Gasteiger charge is 2.41. The number of imide groups is 1. The Kier molecular flexibility index (Phi) is 4.84. The summed E-state index contributed by atoms with van der Waals surface area (Å²) < 4.78 is 4.92. The Labute approximate surface area is 143 Å². The average Bonchev–Trinajstić information content (AvgIpc) is 3.17. The number of nitrogens with one attached hydrogen (secondary N) is 1. The summed E-state index contributed by atoms with van der Waals surface area (Å²) in [5, 5.41) is 3.33. The van der Waals surface area contributed by atoms with Crippen molar-refractivity contribution >= 4 is 40.4 Å². The molecule has 2 heterocycles. The normalized spacial score (nSPS) is 20.1. The Morgan fingerprint density at radius 3 is 2.75 bits per heavy atom. The van der Waals surface area contributed by atoms with E-state index in [-0.39, 0.29) is 18.2 Å². The maximum Gasteiger partial charge on any atom is 0.338 e. The highest BCUT2D eigenvalue weighted by molar-refractivity contribution is 8.15. The lowest BCUT2D eigenvalue weighted by Crippen LogP contribution is -2.32. The predicted molar refractivity (Wildman–Crippen MR) is 91.2 cm³/mol. The number of ether oxygens (including phenoxy) is 1. The highest BCUT2D eigenvalue weighted by Crippen LogP contribution is 2.30. The Hall–Kier alpha value is -2.35. The lowest BCUT2D eigenvalue weighted by molar-refractivity contribution is -0.121. The molecule has 2 aliphatic rings. The summed E-state index contributed by atoms with van der Waals surface area (Å²) in [7, 11) is 0. The molecule has 1 saturated heterocycles. The van der Waals surface area contributed by atoms with E-state index in [0.717, 1.165) is 6.54 Å². The fourth-order valence-corrected chi connectivity index (χ4v) is 3.57. The molecule has 0 spiro atoms. The van der Waals surface area contributed by atoms with E-state index in [2.05, 4.69) is 10.3 Å². The summed E-state index contributed by atoms with van der Waals surface area (Å²) in [4.78, 5) is 41.8. The van der Waals surface area contributed by atoms with Gasteiger partial charge >= 0.3 is 5.97 Å². The molecule has 0 saturated carbocycles. The zero-order valence-corrected chi connectivity index (χ0v) is 14.0. The molecule has 1 atom stereocenters. The van der Waals surface area contributed by atoms with Gasteiger partial charge in [0.15, 0.2) is 5.17 Å². The van der Waals surface area contributed by atoms with Crippen molar-refractivity contribution in [1.82, 2.24) is 5.32 Å².